The van der Waals surface area contributed by atoms with Crippen LogP contribution in [-0.2, 0) is 10.0 Å². The minimum absolute atomic E-state index is 0.0388. The molecule has 1 aromatic heterocycles. The van der Waals surface area contributed by atoms with Crippen LogP contribution in [0.4, 0.5) is 14.5 Å². The van der Waals surface area contributed by atoms with Crippen molar-refractivity contribution in [2.24, 2.45) is 0 Å². The van der Waals surface area contributed by atoms with Crippen molar-refractivity contribution >= 4 is 32.5 Å². The Hall–Kier alpha value is -2.82. The van der Waals surface area contributed by atoms with Crippen LogP contribution in [0.15, 0.2) is 47.5 Å². The lowest BCUT2D eigenvalue weighted by molar-refractivity contribution is 0.102. The van der Waals surface area contributed by atoms with E-state index in [1.54, 1.807) is 12.3 Å². The maximum absolute atomic E-state index is 13.5. The van der Waals surface area contributed by atoms with Crippen LogP contribution >= 0.6 is 0 Å². The van der Waals surface area contributed by atoms with Crippen LogP contribution < -0.4 is 5.32 Å². The number of halogens is 2. The first kappa shape index (κ1) is 20.5. The van der Waals surface area contributed by atoms with Crippen molar-refractivity contribution in [2.75, 3.05) is 18.4 Å². The van der Waals surface area contributed by atoms with E-state index in [9.17, 15) is 27.1 Å². The molecule has 0 saturated carbocycles. The monoisotopic (exact) mass is 435 g/mol. The number of sulfonamides is 1. The predicted molar refractivity (Wildman–Crippen MR) is 107 cm³/mol. The number of carbonyl (C=O) groups is 1. The summed E-state index contributed by atoms with van der Waals surface area (Å²) in [5, 5.41) is 12.6. The number of amides is 1. The lowest BCUT2D eigenvalue weighted by Crippen LogP contribution is -2.40. The SMILES string of the molecule is O=C(Nc1ccc(F)c(F)c1)c1cc(S(=O)(=O)N2CCC(O)CC2)cc2cc[nH]c12. The summed E-state index contributed by atoms with van der Waals surface area (Å²) in [6.07, 6.45) is 1.73. The Morgan fingerprint density at radius 1 is 1.10 bits per heavy atom. The van der Waals surface area contributed by atoms with Gasteiger partial charge >= 0.3 is 0 Å². The molecule has 30 heavy (non-hydrogen) atoms. The minimum atomic E-state index is -3.88. The van der Waals surface area contributed by atoms with Crippen molar-refractivity contribution in [3.05, 3.63) is 59.8 Å². The first-order valence-electron chi connectivity index (χ1n) is 9.31. The number of aromatic nitrogens is 1. The van der Waals surface area contributed by atoms with Crippen molar-refractivity contribution in [3.63, 3.8) is 0 Å². The van der Waals surface area contributed by atoms with Gasteiger partial charge in [0.1, 0.15) is 0 Å². The van der Waals surface area contributed by atoms with Crippen LogP contribution in [0.2, 0.25) is 0 Å². The summed E-state index contributed by atoms with van der Waals surface area (Å²) in [4.78, 5) is 15.7. The minimum Gasteiger partial charge on any atom is -0.393 e. The van der Waals surface area contributed by atoms with Crippen LogP contribution in [0.3, 0.4) is 0 Å². The molecule has 0 atom stereocenters. The molecule has 1 aliphatic heterocycles. The van der Waals surface area contributed by atoms with Gasteiger partial charge < -0.3 is 15.4 Å². The molecule has 1 fully saturated rings. The standard InChI is InChI=1S/C20H19F2N3O4S/c21-17-2-1-13(10-18(17)22)24-20(27)16-11-15(9-12-3-6-23-19(12)16)30(28,29)25-7-4-14(26)5-8-25/h1-3,6,9-11,14,23,26H,4-5,7-8H2,(H,24,27). The van der Waals surface area contributed by atoms with Gasteiger partial charge in [0.2, 0.25) is 10.0 Å². The van der Waals surface area contributed by atoms with Gasteiger partial charge in [0.15, 0.2) is 11.6 Å². The molecule has 1 aliphatic rings. The molecule has 1 saturated heterocycles. The quantitative estimate of drug-likeness (QED) is 0.586. The fraction of sp³-hybridized carbons (Fsp3) is 0.250. The second kappa shape index (κ2) is 7.78. The number of H-pyrrole nitrogens is 1. The van der Waals surface area contributed by atoms with Crippen LogP contribution in [0.5, 0.6) is 0 Å². The third kappa shape index (κ3) is 3.81. The van der Waals surface area contributed by atoms with Crippen molar-refractivity contribution in [1.82, 2.24) is 9.29 Å². The number of hydrogen-bond donors (Lipinski definition) is 3. The summed E-state index contributed by atoms with van der Waals surface area (Å²) in [7, 11) is -3.88. The fourth-order valence-electron chi connectivity index (χ4n) is 3.48. The van der Waals surface area contributed by atoms with Crippen molar-refractivity contribution in [3.8, 4) is 0 Å². The van der Waals surface area contributed by atoms with Crippen molar-refractivity contribution < 1.29 is 27.1 Å². The normalized spacial score (nSPS) is 16.1. The number of nitrogens with zero attached hydrogens (tertiary/aromatic N) is 1. The fourth-order valence-corrected chi connectivity index (χ4v) is 5.01. The molecule has 2 heterocycles. The third-order valence-electron chi connectivity index (χ3n) is 5.12. The molecule has 3 aromatic rings. The van der Waals surface area contributed by atoms with E-state index in [-0.39, 0.29) is 29.2 Å². The van der Waals surface area contributed by atoms with Gasteiger partial charge in [0.25, 0.3) is 5.91 Å². The zero-order chi connectivity index (χ0) is 21.5. The molecule has 0 bridgehead atoms. The molecular weight excluding hydrogens is 416 g/mol. The Labute approximate surface area is 171 Å². The van der Waals surface area contributed by atoms with Crippen LogP contribution in [-0.4, -0.2) is 47.9 Å². The molecule has 0 radical (unpaired) electrons. The third-order valence-corrected chi connectivity index (χ3v) is 6.99. The molecule has 0 spiro atoms. The molecule has 2 aromatic carbocycles. The van der Waals surface area contributed by atoms with E-state index < -0.39 is 33.7 Å². The van der Waals surface area contributed by atoms with Gasteiger partial charge in [0.05, 0.1) is 22.1 Å². The number of fused-ring (bicyclic) bond motifs is 1. The lowest BCUT2D eigenvalue weighted by Gasteiger charge is -2.28. The second-order valence-electron chi connectivity index (χ2n) is 7.13. The molecule has 0 aliphatic carbocycles. The number of nitrogens with one attached hydrogen (secondary N) is 2. The van der Waals surface area contributed by atoms with E-state index in [1.807, 2.05) is 0 Å². The van der Waals surface area contributed by atoms with E-state index in [1.165, 1.54) is 22.5 Å². The summed E-state index contributed by atoms with van der Waals surface area (Å²) in [6, 6.07) is 7.32. The van der Waals surface area contributed by atoms with Crippen molar-refractivity contribution in [2.45, 2.75) is 23.8 Å². The first-order valence-corrected chi connectivity index (χ1v) is 10.8. The summed E-state index contributed by atoms with van der Waals surface area (Å²) in [5.74, 6) is -2.82. The number of piperidine rings is 1. The Bertz CT molecular complexity index is 1220. The molecule has 7 nitrogen and oxygen atoms in total. The van der Waals surface area contributed by atoms with Gasteiger partial charge in [-0.1, -0.05) is 0 Å². The highest BCUT2D eigenvalue weighted by molar-refractivity contribution is 7.89. The van der Waals surface area contributed by atoms with Gasteiger partial charge in [0, 0.05) is 36.4 Å². The van der Waals surface area contributed by atoms with Gasteiger partial charge in [-0.05, 0) is 43.2 Å². The van der Waals surface area contributed by atoms with Gasteiger partial charge in [-0.25, -0.2) is 17.2 Å². The number of aliphatic hydroxyl groups is 1. The van der Waals surface area contributed by atoms with E-state index in [4.69, 9.17) is 0 Å². The molecule has 4 rings (SSSR count). The van der Waals surface area contributed by atoms with Gasteiger partial charge in [-0.2, -0.15) is 4.31 Å². The Morgan fingerprint density at radius 2 is 1.83 bits per heavy atom. The topological polar surface area (TPSA) is 102 Å². The number of carbonyl (C=O) groups excluding carboxylic acids is 1. The summed E-state index contributed by atoms with van der Waals surface area (Å²) < 4.78 is 54.0. The maximum atomic E-state index is 13.5. The highest BCUT2D eigenvalue weighted by Gasteiger charge is 2.30. The predicted octanol–water partition coefficient (Wildman–Crippen LogP) is 2.84. The van der Waals surface area contributed by atoms with Gasteiger partial charge in [-0.3, -0.25) is 4.79 Å². The number of rotatable bonds is 4. The summed E-state index contributed by atoms with van der Waals surface area (Å²) >= 11 is 0. The van der Waals surface area contributed by atoms with E-state index in [2.05, 4.69) is 10.3 Å². The van der Waals surface area contributed by atoms with Crippen molar-refractivity contribution in [1.29, 1.82) is 0 Å². The van der Waals surface area contributed by atoms with Crippen LogP contribution in [0.1, 0.15) is 23.2 Å². The number of aromatic amines is 1. The van der Waals surface area contributed by atoms with E-state index in [0.29, 0.717) is 23.7 Å². The second-order valence-corrected chi connectivity index (χ2v) is 9.07. The zero-order valence-electron chi connectivity index (χ0n) is 15.7. The average molecular weight is 435 g/mol. The van der Waals surface area contributed by atoms with E-state index in [0.717, 1.165) is 12.1 Å². The summed E-state index contributed by atoms with van der Waals surface area (Å²) in [5.41, 5.74) is 0.512. The zero-order valence-corrected chi connectivity index (χ0v) is 16.5. The average Bonchev–Trinajstić information content (AvgIpc) is 3.19. The Kier molecular flexibility index (Phi) is 5.31. The molecule has 1 amide bonds. The van der Waals surface area contributed by atoms with E-state index >= 15 is 0 Å². The Morgan fingerprint density at radius 3 is 2.53 bits per heavy atom. The van der Waals surface area contributed by atoms with Crippen LogP contribution in [0, 0.1) is 11.6 Å². The lowest BCUT2D eigenvalue weighted by atomic mass is 10.1. The van der Waals surface area contributed by atoms with Crippen LogP contribution in [0.25, 0.3) is 10.9 Å². The molecule has 0 unspecified atom stereocenters. The largest absolute Gasteiger partial charge is 0.393 e. The summed E-state index contributed by atoms with van der Waals surface area (Å²) in [6.45, 7) is 0.371. The maximum Gasteiger partial charge on any atom is 0.257 e. The first-order chi connectivity index (χ1) is 14.3. The van der Waals surface area contributed by atoms with Gasteiger partial charge in [-0.15, -0.1) is 0 Å². The number of hydrogen-bond acceptors (Lipinski definition) is 4. The highest BCUT2D eigenvalue weighted by atomic mass is 32.2. The number of anilines is 1. The molecule has 158 valence electrons. The Balaban J connectivity index is 1.70. The molecule has 3 N–H and O–H groups in total. The number of aliphatic hydroxyl groups excluding tert-OH is 1. The highest BCUT2D eigenvalue weighted by Crippen LogP contribution is 2.27. The molecule has 10 heteroatoms. The number of benzene rings is 2. The molecular formula is C20H19F2N3O4S. The smallest absolute Gasteiger partial charge is 0.257 e.